The molecule has 0 saturated carbocycles. The maximum atomic E-state index is 11.8. The molecule has 104 valence electrons. The first kappa shape index (κ1) is 15.5. The summed E-state index contributed by atoms with van der Waals surface area (Å²) < 4.78 is 0.886. The molecule has 0 saturated heterocycles. The van der Waals surface area contributed by atoms with Crippen molar-refractivity contribution in [3.05, 3.63) is 26.6 Å². The van der Waals surface area contributed by atoms with Gasteiger partial charge in [-0.1, -0.05) is 23.2 Å². The standard InChI is InChI=1S/C10H12Cl2N4O3/c1-13-7(17)4-15(2)8(18)5-16-10(19)9(12)6(11)3-14-16/h3H,4-5H2,1-2H3,(H,13,17). The molecule has 2 amide bonds. The summed E-state index contributed by atoms with van der Waals surface area (Å²) in [6.45, 7) is -0.422. The monoisotopic (exact) mass is 306 g/mol. The van der Waals surface area contributed by atoms with Crippen LogP contribution in [0.5, 0.6) is 0 Å². The van der Waals surface area contributed by atoms with Gasteiger partial charge in [0.05, 0.1) is 17.8 Å². The molecule has 0 radical (unpaired) electrons. The second-order valence-electron chi connectivity index (χ2n) is 3.69. The lowest BCUT2D eigenvalue weighted by molar-refractivity contribution is -0.135. The van der Waals surface area contributed by atoms with Crippen molar-refractivity contribution in [3.8, 4) is 0 Å². The number of halogens is 2. The minimum Gasteiger partial charge on any atom is -0.358 e. The first-order valence-corrected chi connectivity index (χ1v) is 5.98. The van der Waals surface area contributed by atoms with E-state index in [1.165, 1.54) is 25.2 Å². The zero-order valence-corrected chi connectivity index (χ0v) is 11.8. The Morgan fingerprint density at radius 2 is 2.11 bits per heavy atom. The van der Waals surface area contributed by atoms with E-state index in [1.54, 1.807) is 0 Å². The molecule has 19 heavy (non-hydrogen) atoms. The predicted molar refractivity (Wildman–Crippen MR) is 70.2 cm³/mol. The molecule has 1 aromatic rings. The summed E-state index contributed by atoms with van der Waals surface area (Å²) in [5.74, 6) is -0.762. The highest BCUT2D eigenvalue weighted by Crippen LogP contribution is 2.14. The number of hydrogen-bond donors (Lipinski definition) is 1. The average Bonchev–Trinajstić information content (AvgIpc) is 2.39. The molecular weight excluding hydrogens is 295 g/mol. The SMILES string of the molecule is CNC(=O)CN(C)C(=O)Cn1ncc(Cl)c(Cl)c1=O. The Kier molecular flexibility index (Phi) is 5.31. The highest BCUT2D eigenvalue weighted by molar-refractivity contribution is 6.41. The normalized spacial score (nSPS) is 10.1. The van der Waals surface area contributed by atoms with Crippen molar-refractivity contribution in [3.63, 3.8) is 0 Å². The fourth-order valence-corrected chi connectivity index (χ4v) is 1.46. The quantitative estimate of drug-likeness (QED) is 0.831. The maximum Gasteiger partial charge on any atom is 0.287 e. The summed E-state index contributed by atoms with van der Waals surface area (Å²) in [5, 5.41) is 5.91. The summed E-state index contributed by atoms with van der Waals surface area (Å²) in [7, 11) is 2.91. The zero-order chi connectivity index (χ0) is 14.6. The number of amides is 2. The van der Waals surface area contributed by atoms with Gasteiger partial charge in [0.1, 0.15) is 11.6 Å². The van der Waals surface area contributed by atoms with Gasteiger partial charge < -0.3 is 10.2 Å². The summed E-state index contributed by atoms with van der Waals surface area (Å²) >= 11 is 11.3. The van der Waals surface area contributed by atoms with Crippen LogP contribution in [0.4, 0.5) is 0 Å². The lowest BCUT2D eigenvalue weighted by Crippen LogP contribution is -2.40. The number of aromatic nitrogens is 2. The second-order valence-corrected chi connectivity index (χ2v) is 4.48. The van der Waals surface area contributed by atoms with Crippen LogP contribution < -0.4 is 10.9 Å². The first-order chi connectivity index (χ1) is 8.86. The van der Waals surface area contributed by atoms with E-state index in [2.05, 4.69) is 10.4 Å². The minimum atomic E-state index is -0.657. The Morgan fingerprint density at radius 1 is 1.47 bits per heavy atom. The number of rotatable bonds is 4. The Balaban J connectivity index is 2.80. The van der Waals surface area contributed by atoms with Crippen LogP contribution in [0.25, 0.3) is 0 Å². The van der Waals surface area contributed by atoms with Crippen LogP contribution in [0.2, 0.25) is 10.0 Å². The molecule has 1 heterocycles. The van der Waals surface area contributed by atoms with E-state index in [-0.39, 0.29) is 29.0 Å². The molecule has 0 aliphatic heterocycles. The third-order valence-corrected chi connectivity index (χ3v) is 3.06. The number of nitrogens with one attached hydrogen (secondary N) is 1. The molecule has 0 aliphatic carbocycles. The summed E-state index contributed by atoms with van der Waals surface area (Å²) in [4.78, 5) is 35.7. The van der Waals surface area contributed by atoms with Crippen LogP contribution in [-0.4, -0.2) is 47.1 Å². The van der Waals surface area contributed by atoms with Gasteiger partial charge in [-0.2, -0.15) is 5.10 Å². The largest absolute Gasteiger partial charge is 0.358 e. The predicted octanol–water partition coefficient (Wildman–Crippen LogP) is -0.246. The summed E-state index contributed by atoms with van der Waals surface area (Å²) in [6.07, 6.45) is 1.18. The van der Waals surface area contributed by atoms with E-state index < -0.39 is 11.5 Å². The van der Waals surface area contributed by atoms with Crippen molar-refractivity contribution < 1.29 is 9.59 Å². The van der Waals surface area contributed by atoms with Crippen LogP contribution in [0.15, 0.2) is 11.0 Å². The van der Waals surface area contributed by atoms with E-state index >= 15 is 0 Å². The van der Waals surface area contributed by atoms with E-state index in [4.69, 9.17) is 23.2 Å². The second kappa shape index (κ2) is 6.53. The molecule has 1 N–H and O–H groups in total. The van der Waals surface area contributed by atoms with Gasteiger partial charge in [0.15, 0.2) is 0 Å². The van der Waals surface area contributed by atoms with E-state index in [9.17, 15) is 14.4 Å². The molecule has 0 aliphatic rings. The molecule has 1 rings (SSSR count). The topological polar surface area (TPSA) is 84.3 Å². The van der Waals surface area contributed by atoms with Gasteiger partial charge in [-0.25, -0.2) is 4.68 Å². The molecule has 0 fully saturated rings. The smallest absolute Gasteiger partial charge is 0.287 e. The van der Waals surface area contributed by atoms with Crippen LogP contribution >= 0.6 is 23.2 Å². The number of carbonyl (C=O) groups excluding carboxylic acids is 2. The van der Waals surface area contributed by atoms with E-state index in [0.717, 1.165) is 4.68 Å². The molecular formula is C10H12Cl2N4O3. The van der Waals surface area contributed by atoms with E-state index in [1.807, 2.05) is 0 Å². The van der Waals surface area contributed by atoms with Gasteiger partial charge in [-0.3, -0.25) is 14.4 Å². The van der Waals surface area contributed by atoms with Gasteiger partial charge in [-0.05, 0) is 0 Å². The van der Waals surface area contributed by atoms with Gasteiger partial charge in [0.25, 0.3) is 5.56 Å². The average molecular weight is 307 g/mol. The Labute approximate surface area is 119 Å². The molecule has 0 spiro atoms. The van der Waals surface area contributed by atoms with Crippen molar-refractivity contribution >= 4 is 35.0 Å². The number of likely N-dealkylation sites (N-methyl/N-ethyl adjacent to an activating group) is 2. The number of carbonyl (C=O) groups is 2. The summed E-state index contributed by atoms with van der Waals surface area (Å²) in [6, 6.07) is 0. The van der Waals surface area contributed by atoms with Crippen LogP contribution in [0.1, 0.15) is 0 Å². The third kappa shape index (κ3) is 3.93. The number of hydrogen-bond acceptors (Lipinski definition) is 4. The lowest BCUT2D eigenvalue weighted by atomic mass is 10.4. The fourth-order valence-electron chi connectivity index (χ4n) is 1.19. The van der Waals surface area contributed by atoms with E-state index in [0.29, 0.717) is 0 Å². The Morgan fingerprint density at radius 3 is 2.68 bits per heavy atom. The van der Waals surface area contributed by atoms with Gasteiger partial charge in [-0.15, -0.1) is 0 Å². The molecule has 9 heteroatoms. The van der Waals surface area contributed by atoms with Crippen molar-refractivity contribution in [2.75, 3.05) is 20.6 Å². The summed E-state index contributed by atoms with van der Waals surface area (Å²) in [5.41, 5.74) is -0.657. The molecule has 0 atom stereocenters. The maximum absolute atomic E-state index is 11.8. The molecule has 0 unspecified atom stereocenters. The minimum absolute atomic E-state index is 0.0223. The van der Waals surface area contributed by atoms with Crippen LogP contribution in [0, 0.1) is 0 Å². The Bertz CT molecular complexity index is 558. The van der Waals surface area contributed by atoms with Gasteiger partial charge in [0, 0.05) is 14.1 Å². The van der Waals surface area contributed by atoms with Crippen molar-refractivity contribution in [1.82, 2.24) is 20.0 Å². The number of nitrogens with zero attached hydrogens (tertiary/aromatic N) is 3. The van der Waals surface area contributed by atoms with Crippen molar-refractivity contribution in [1.29, 1.82) is 0 Å². The highest BCUT2D eigenvalue weighted by atomic mass is 35.5. The van der Waals surface area contributed by atoms with Crippen LogP contribution in [-0.2, 0) is 16.1 Å². The van der Waals surface area contributed by atoms with Crippen molar-refractivity contribution in [2.24, 2.45) is 0 Å². The van der Waals surface area contributed by atoms with Gasteiger partial charge >= 0.3 is 0 Å². The highest BCUT2D eigenvalue weighted by Gasteiger charge is 2.15. The van der Waals surface area contributed by atoms with Crippen molar-refractivity contribution in [2.45, 2.75) is 6.54 Å². The Hall–Kier alpha value is -1.60. The zero-order valence-electron chi connectivity index (χ0n) is 10.3. The molecule has 0 aromatic carbocycles. The molecule has 7 nitrogen and oxygen atoms in total. The molecule has 1 aromatic heterocycles. The first-order valence-electron chi connectivity index (χ1n) is 5.22. The third-order valence-electron chi connectivity index (χ3n) is 2.31. The van der Waals surface area contributed by atoms with Crippen LogP contribution in [0.3, 0.4) is 0 Å². The lowest BCUT2D eigenvalue weighted by Gasteiger charge is -2.16. The fraction of sp³-hybridized carbons (Fsp3) is 0.400. The van der Waals surface area contributed by atoms with Gasteiger partial charge in [0.2, 0.25) is 11.8 Å². The molecule has 0 bridgehead atoms.